The Balaban J connectivity index is 1.50. The van der Waals surface area contributed by atoms with Gasteiger partial charge in [0.25, 0.3) is 0 Å². The molecule has 0 aromatic heterocycles. The van der Waals surface area contributed by atoms with Gasteiger partial charge in [-0.05, 0) is 18.1 Å². The maximum atomic E-state index is 10.6. The lowest BCUT2D eigenvalue weighted by molar-refractivity contribution is -0.361. The molecule has 4 rings (SSSR count). The van der Waals surface area contributed by atoms with Crippen LogP contribution in [0.3, 0.4) is 0 Å². The number of aliphatic hydroxyl groups is 1. The quantitative estimate of drug-likeness (QED) is 0.823. The fourth-order valence-corrected chi connectivity index (χ4v) is 3.59. The van der Waals surface area contributed by atoms with Crippen LogP contribution in [0.2, 0.25) is 0 Å². The lowest BCUT2D eigenvalue weighted by Gasteiger charge is -2.47. The van der Waals surface area contributed by atoms with Crippen molar-refractivity contribution in [1.82, 2.24) is 0 Å². The highest BCUT2D eigenvalue weighted by molar-refractivity contribution is 5.14. The second kappa shape index (κ2) is 9.13. The van der Waals surface area contributed by atoms with Crippen LogP contribution in [0.5, 0.6) is 0 Å². The van der Waals surface area contributed by atoms with E-state index in [1.165, 1.54) is 0 Å². The van der Waals surface area contributed by atoms with Crippen molar-refractivity contribution >= 4 is 0 Å². The summed E-state index contributed by atoms with van der Waals surface area (Å²) in [6, 6.07) is 19.7. The number of hydrogen-bond donors (Lipinski definition) is 1. The Kier molecular flexibility index (Phi) is 6.36. The zero-order valence-electron chi connectivity index (χ0n) is 15.8. The summed E-state index contributed by atoms with van der Waals surface area (Å²) in [6.45, 7) is 2.93. The van der Waals surface area contributed by atoms with Gasteiger partial charge in [-0.25, -0.2) is 0 Å². The van der Waals surface area contributed by atoms with Crippen LogP contribution in [-0.2, 0) is 36.9 Å². The van der Waals surface area contributed by atoms with Gasteiger partial charge in [-0.15, -0.1) is 0 Å². The average Bonchev–Trinajstić information content (AvgIpc) is 2.73. The van der Waals surface area contributed by atoms with Crippen LogP contribution >= 0.6 is 0 Å². The van der Waals surface area contributed by atoms with Gasteiger partial charge in [0.1, 0.15) is 24.4 Å². The largest absolute Gasteiger partial charge is 0.368 e. The second-order valence-corrected chi connectivity index (χ2v) is 7.09. The van der Waals surface area contributed by atoms with E-state index in [-0.39, 0.29) is 12.4 Å². The van der Waals surface area contributed by atoms with Crippen molar-refractivity contribution in [3.8, 4) is 0 Å². The average molecular weight is 386 g/mol. The minimum Gasteiger partial charge on any atom is -0.368 e. The molecular weight excluding hydrogens is 360 g/mol. The lowest BCUT2D eigenvalue weighted by Crippen LogP contribution is -2.63. The minimum absolute atomic E-state index is 0.347. The van der Waals surface area contributed by atoms with Gasteiger partial charge in [0.2, 0.25) is 0 Å². The van der Waals surface area contributed by atoms with E-state index in [4.69, 9.17) is 23.7 Å². The van der Waals surface area contributed by atoms with Gasteiger partial charge in [-0.3, -0.25) is 0 Å². The summed E-state index contributed by atoms with van der Waals surface area (Å²) in [6.07, 6.45) is -3.41. The molecule has 2 fully saturated rings. The summed E-state index contributed by atoms with van der Waals surface area (Å²) >= 11 is 0. The standard InChI is InChI=1S/C22H26O6/c1-15-24-14-18-19(27-15)20(25-12-16-8-4-2-5-9-16)21(22(23)28-18)26-13-17-10-6-3-7-11-17/h2-11,15,18-23H,12-14H2,1H3/t15?,18-,19-,20+,21-,22-/m1/s1. The van der Waals surface area contributed by atoms with Crippen molar-refractivity contribution in [2.24, 2.45) is 0 Å². The van der Waals surface area contributed by atoms with Crippen molar-refractivity contribution in [3.05, 3.63) is 71.8 Å². The molecule has 0 bridgehead atoms. The highest BCUT2D eigenvalue weighted by Gasteiger charge is 2.50. The SMILES string of the molecule is CC1OC[C@H]2O[C@@H](O)[C@H](OCc3ccccc3)[C@@H](OCc3ccccc3)[C@@H]2O1. The molecule has 2 aliphatic heterocycles. The van der Waals surface area contributed by atoms with E-state index in [9.17, 15) is 5.11 Å². The number of rotatable bonds is 6. The predicted molar refractivity (Wildman–Crippen MR) is 101 cm³/mol. The maximum Gasteiger partial charge on any atom is 0.184 e. The first-order chi connectivity index (χ1) is 13.7. The van der Waals surface area contributed by atoms with Gasteiger partial charge in [0, 0.05) is 0 Å². The van der Waals surface area contributed by atoms with Gasteiger partial charge in [0.05, 0.1) is 19.8 Å². The molecule has 0 spiro atoms. The minimum atomic E-state index is -1.12. The van der Waals surface area contributed by atoms with E-state index in [0.717, 1.165) is 11.1 Å². The number of ether oxygens (including phenoxy) is 5. The normalized spacial score (nSPS) is 32.6. The summed E-state index contributed by atoms with van der Waals surface area (Å²) in [5.74, 6) is 0. The Hall–Kier alpha value is -1.80. The zero-order chi connectivity index (χ0) is 19.3. The van der Waals surface area contributed by atoms with Crippen molar-refractivity contribution in [3.63, 3.8) is 0 Å². The first kappa shape index (κ1) is 19.5. The predicted octanol–water partition coefficient (Wildman–Crippen LogP) is 2.64. The molecule has 2 heterocycles. The molecule has 6 nitrogen and oxygen atoms in total. The molecule has 28 heavy (non-hydrogen) atoms. The molecule has 2 aromatic rings. The monoisotopic (exact) mass is 386 g/mol. The van der Waals surface area contributed by atoms with Crippen molar-refractivity contribution in [1.29, 1.82) is 0 Å². The topological polar surface area (TPSA) is 66.4 Å². The Morgan fingerprint density at radius 1 is 0.857 bits per heavy atom. The molecule has 1 N–H and O–H groups in total. The molecule has 0 amide bonds. The third kappa shape index (κ3) is 4.60. The first-order valence-corrected chi connectivity index (χ1v) is 9.62. The van der Waals surface area contributed by atoms with E-state index in [2.05, 4.69) is 0 Å². The molecule has 2 aliphatic rings. The van der Waals surface area contributed by atoms with Crippen molar-refractivity contribution in [2.75, 3.05) is 6.61 Å². The molecule has 150 valence electrons. The summed E-state index contributed by atoms with van der Waals surface area (Å²) in [7, 11) is 0. The number of fused-ring (bicyclic) bond motifs is 1. The van der Waals surface area contributed by atoms with Gasteiger partial charge in [-0.1, -0.05) is 60.7 Å². The first-order valence-electron chi connectivity index (χ1n) is 9.62. The van der Waals surface area contributed by atoms with E-state index < -0.39 is 24.6 Å². The van der Waals surface area contributed by atoms with E-state index in [0.29, 0.717) is 19.8 Å². The Labute approximate surface area is 164 Å². The molecule has 2 aromatic carbocycles. The summed E-state index contributed by atoms with van der Waals surface area (Å²) < 4.78 is 29.5. The summed E-state index contributed by atoms with van der Waals surface area (Å²) in [5, 5.41) is 10.6. The van der Waals surface area contributed by atoms with E-state index in [1.807, 2.05) is 67.6 Å². The molecule has 6 heteroatoms. The third-order valence-corrected chi connectivity index (χ3v) is 5.02. The molecule has 0 radical (unpaired) electrons. The van der Waals surface area contributed by atoms with Gasteiger partial charge < -0.3 is 28.8 Å². The van der Waals surface area contributed by atoms with Crippen LogP contribution in [0.1, 0.15) is 18.1 Å². The smallest absolute Gasteiger partial charge is 0.184 e. The highest BCUT2D eigenvalue weighted by Crippen LogP contribution is 2.32. The molecule has 6 atom stereocenters. The fraction of sp³-hybridized carbons (Fsp3) is 0.455. The summed E-state index contributed by atoms with van der Waals surface area (Å²) in [4.78, 5) is 0. The zero-order valence-corrected chi connectivity index (χ0v) is 15.8. The van der Waals surface area contributed by atoms with Crippen LogP contribution < -0.4 is 0 Å². The number of benzene rings is 2. The molecular formula is C22H26O6. The third-order valence-electron chi connectivity index (χ3n) is 5.02. The van der Waals surface area contributed by atoms with Gasteiger partial charge >= 0.3 is 0 Å². The highest BCUT2D eigenvalue weighted by atomic mass is 16.7. The number of aliphatic hydroxyl groups excluding tert-OH is 1. The van der Waals surface area contributed by atoms with Crippen LogP contribution in [0.15, 0.2) is 60.7 Å². The Morgan fingerprint density at radius 2 is 1.43 bits per heavy atom. The van der Waals surface area contributed by atoms with E-state index in [1.54, 1.807) is 0 Å². The lowest BCUT2D eigenvalue weighted by atomic mass is 9.97. The second-order valence-electron chi connectivity index (χ2n) is 7.09. The van der Waals surface area contributed by atoms with Gasteiger partial charge in [-0.2, -0.15) is 0 Å². The Bertz CT molecular complexity index is 724. The van der Waals surface area contributed by atoms with E-state index >= 15 is 0 Å². The maximum absolute atomic E-state index is 10.6. The van der Waals surface area contributed by atoms with Crippen molar-refractivity contribution in [2.45, 2.75) is 57.1 Å². The Morgan fingerprint density at radius 3 is 2.04 bits per heavy atom. The fourth-order valence-electron chi connectivity index (χ4n) is 3.59. The van der Waals surface area contributed by atoms with Crippen LogP contribution in [0.4, 0.5) is 0 Å². The molecule has 0 saturated carbocycles. The van der Waals surface area contributed by atoms with Crippen LogP contribution in [-0.4, -0.2) is 48.7 Å². The van der Waals surface area contributed by atoms with Gasteiger partial charge in [0.15, 0.2) is 12.6 Å². The van der Waals surface area contributed by atoms with Crippen LogP contribution in [0, 0.1) is 0 Å². The van der Waals surface area contributed by atoms with Crippen LogP contribution in [0.25, 0.3) is 0 Å². The molecule has 1 unspecified atom stereocenters. The van der Waals surface area contributed by atoms with Crippen molar-refractivity contribution < 1.29 is 28.8 Å². The number of hydrogen-bond acceptors (Lipinski definition) is 6. The summed E-state index contributed by atoms with van der Waals surface area (Å²) in [5.41, 5.74) is 2.06. The molecule has 0 aliphatic carbocycles. The molecule has 2 saturated heterocycles.